The van der Waals surface area contributed by atoms with E-state index in [2.05, 4.69) is 26.5 Å². The van der Waals surface area contributed by atoms with Crippen molar-refractivity contribution >= 4 is 61.8 Å². The summed E-state index contributed by atoms with van der Waals surface area (Å²) in [6, 6.07) is 0. The van der Waals surface area contributed by atoms with Crippen LogP contribution < -0.4 is 4.74 Å². The number of ether oxygens (including phenoxy) is 1. The minimum absolute atomic E-state index is 0.278. The predicted molar refractivity (Wildman–Crippen MR) is 96.2 cm³/mol. The molecule has 1 aromatic heterocycles. The molecule has 3 atom stereocenters. The van der Waals surface area contributed by atoms with Gasteiger partial charge < -0.3 is 4.74 Å². The minimum atomic E-state index is 0.278. The van der Waals surface area contributed by atoms with E-state index in [0.29, 0.717) is 11.8 Å². The van der Waals surface area contributed by atoms with Gasteiger partial charge in [-0.1, -0.05) is 11.7 Å². The van der Waals surface area contributed by atoms with E-state index in [1.807, 2.05) is 0 Å². The van der Waals surface area contributed by atoms with Gasteiger partial charge in [0, 0.05) is 31.4 Å². The van der Waals surface area contributed by atoms with Crippen molar-refractivity contribution in [1.29, 1.82) is 0 Å². The molecule has 2 bridgehead atoms. The Morgan fingerprint density at radius 2 is 2.10 bits per heavy atom. The topological polar surface area (TPSA) is 38.3 Å². The van der Waals surface area contributed by atoms with E-state index in [9.17, 15) is 0 Å². The van der Waals surface area contributed by atoms with Gasteiger partial charge in [-0.15, -0.1) is 0 Å². The van der Waals surface area contributed by atoms with Crippen LogP contribution in [0.5, 0.6) is 5.88 Å². The second-order valence-electron chi connectivity index (χ2n) is 4.49. The molecule has 3 rings (SSSR count). The zero-order chi connectivity index (χ0) is 13.8. The first-order valence-electron chi connectivity index (χ1n) is 6.05. The van der Waals surface area contributed by atoms with Crippen molar-refractivity contribution in [3.05, 3.63) is 12.4 Å². The summed E-state index contributed by atoms with van der Waals surface area (Å²) < 4.78 is 6.11. The van der Waals surface area contributed by atoms with Crippen molar-refractivity contribution in [1.82, 2.24) is 14.9 Å². The third-order valence-corrected chi connectivity index (χ3v) is 12.0. The molecule has 1 aromatic rings. The molecule has 1 unspecified atom stereocenters. The molecule has 20 heavy (non-hydrogen) atoms. The van der Waals surface area contributed by atoms with Crippen LogP contribution in [-0.2, 0) is 0 Å². The Morgan fingerprint density at radius 1 is 1.20 bits per heavy atom. The molecule has 10 heteroatoms. The van der Waals surface area contributed by atoms with Crippen LogP contribution >= 0.6 is 61.8 Å². The maximum absolute atomic E-state index is 6.11. The van der Waals surface area contributed by atoms with E-state index in [0.717, 1.165) is 11.6 Å². The molecule has 0 spiro atoms. The highest BCUT2D eigenvalue weighted by Crippen LogP contribution is 2.52. The first kappa shape index (κ1) is 15.8. The van der Waals surface area contributed by atoms with Gasteiger partial charge in [0.2, 0.25) is 5.88 Å². The van der Waals surface area contributed by atoms with Gasteiger partial charge in [-0.3, -0.25) is 4.90 Å². The number of rotatable bonds is 7. The Kier molecular flexibility index (Phi) is 6.31. The molecule has 2 saturated heterocycles. The molecule has 3 heterocycles. The van der Waals surface area contributed by atoms with Gasteiger partial charge in [0.15, 0.2) is 5.03 Å². The summed E-state index contributed by atoms with van der Waals surface area (Å²) >= 11 is 4.08. The van der Waals surface area contributed by atoms with Crippen molar-refractivity contribution in [2.24, 2.45) is 5.92 Å². The lowest BCUT2D eigenvalue weighted by atomic mass is 10.0. The molecular weight excluding hydrogens is 371 g/mol. The number of piperidine rings is 1. The number of thiol groups is 1. The Hall–Kier alpha value is 0.940. The maximum atomic E-state index is 6.11. The van der Waals surface area contributed by atoms with E-state index in [1.165, 1.54) is 29.3 Å². The van der Waals surface area contributed by atoms with Crippen LogP contribution in [0.4, 0.5) is 0 Å². The highest BCUT2D eigenvalue weighted by atomic mass is 33.9. The highest BCUT2D eigenvalue weighted by Gasteiger charge is 2.40. The van der Waals surface area contributed by atoms with Crippen LogP contribution in [0.1, 0.15) is 6.42 Å². The average molecular weight is 384 g/mol. The molecule has 2 fully saturated rings. The zero-order valence-corrected chi connectivity index (χ0v) is 15.4. The Balaban J connectivity index is 1.58. The summed E-state index contributed by atoms with van der Waals surface area (Å²) in [7, 11) is 7.97. The number of hydrogen-bond acceptors (Lipinski definition) is 10. The van der Waals surface area contributed by atoms with E-state index in [1.54, 1.807) is 52.7 Å². The van der Waals surface area contributed by atoms with E-state index >= 15 is 0 Å². The maximum Gasteiger partial charge on any atom is 0.248 e. The van der Waals surface area contributed by atoms with Crippen LogP contribution in [0.15, 0.2) is 17.4 Å². The normalized spacial score (nSPS) is 27.9. The fourth-order valence-electron chi connectivity index (χ4n) is 2.53. The van der Waals surface area contributed by atoms with Gasteiger partial charge in [-0.05, 0) is 63.1 Å². The Labute approximate surface area is 142 Å². The van der Waals surface area contributed by atoms with Crippen LogP contribution in [0.25, 0.3) is 0 Å². The summed E-state index contributed by atoms with van der Waals surface area (Å²) in [5.74, 6) is 1.33. The lowest BCUT2D eigenvalue weighted by Crippen LogP contribution is -2.32. The van der Waals surface area contributed by atoms with E-state index < -0.39 is 0 Å². The smallest absolute Gasteiger partial charge is 0.248 e. The molecule has 2 aliphatic rings. The lowest BCUT2D eigenvalue weighted by molar-refractivity contribution is 0.131. The van der Waals surface area contributed by atoms with E-state index in [-0.39, 0.29) is 6.10 Å². The van der Waals surface area contributed by atoms with Crippen LogP contribution in [-0.4, -0.2) is 40.6 Å². The number of hydrogen-bond donors (Lipinski definition) is 1. The quantitative estimate of drug-likeness (QED) is 0.426. The standard InChI is InChI=1S/C10H13N3OS6/c15-17-19-20-18-16-10-9(11-2-3-12-10)14-8-6-13-4-1-7(8)5-13/h2-3,7-8,15H,1,4-6H2/t7-,8+/m1/s1. The first-order valence-corrected chi connectivity index (χ1v) is 13.2. The lowest BCUT2D eigenvalue weighted by Gasteiger charge is -2.23. The molecule has 0 radical (unpaired) electrons. The van der Waals surface area contributed by atoms with Gasteiger partial charge in [0.1, 0.15) is 6.10 Å². The van der Waals surface area contributed by atoms with Gasteiger partial charge in [-0.25, -0.2) is 9.97 Å². The number of fused-ring (bicyclic) bond motifs is 2. The molecule has 0 aliphatic carbocycles. The minimum Gasteiger partial charge on any atom is -0.471 e. The van der Waals surface area contributed by atoms with Crippen molar-refractivity contribution in [2.45, 2.75) is 17.6 Å². The zero-order valence-electron chi connectivity index (χ0n) is 10.4. The van der Waals surface area contributed by atoms with Crippen LogP contribution in [0.2, 0.25) is 0 Å². The summed E-state index contributed by atoms with van der Waals surface area (Å²) in [5, 5.41) is 0.854. The van der Waals surface area contributed by atoms with Crippen molar-refractivity contribution in [3.63, 3.8) is 0 Å². The van der Waals surface area contributed by atoms with Gasteiger partial charge in [0.05, 0.1) is 0 Å². The first-order chi connectivity index (χ1) is 9.86. The Morgan fingerprint density at radius 3 is 2.85 bits per heavy atom. The Bertz CT molecular complexity index is 453. The van der Waals surface area contributed by atoms with E-state index in [4.69, 9.17) is 4.74 Å². The predicted octanol–water partition coefficient (Wildman–Crippen LogP) is 4.09. The average Bonchev–Trinajstić information content (AvgIpc) is 3.08. The summed E-state index contributed by atoms with van der Waals surface area (Å²) in [5.41, 5.74) is 0. The fraction of sp³-hybridized carbons (Fsp3) is 0.600. The fourth-order valence-corrected chi connectivity index (χ4v) is 10.9. The number of nitrogens with zero attached hydrogens (tertiary/aromatic N) is 3. The summed E-state index contributed by atoms with van der Waals surface area (Å²) in [4.78, 5) is 11.2. The molecule has 0 saturated carbocycles. The summed E-state index contributed by atoms with van der Waals surface area (Å²) in [6.07, 6.45) is 4.93. The molecule has 0 aromatic carbocycles. The van der Waals surface area contributed by atoms with Crippen molar-refractivity contribution < 1.29 is 4.74 Å². The van der Waals surface area contributed by atoms with Crippen molar-refractivity contribution in [3.8, 4) is 5.88 Å². The van der Waals surface area contributed by atoms with Gasteiger partial charge in [0.25, 0.3) is 0 Å². The molecular formula is C10H13N3OS6. The molecule has 4 nitrogen and oxygen atoms in total. The SMILES string of the molecule is SSSSSSc1nccnc1O[C@H]1CN2CC[C@@H]1C2. The number of aromatic nitrogens is 2. The third-order valence-electron chi connectivity index (χ3n) is 3.37. The summed E-state index contributed by atoms with van der Waals surface area (Å²) in [6.45, 7) is 3.42. The largest absolute Gasteiger partial charge is 0.471 e. The second-order valence-corrected chi connectivity index (χ2v) is 12.8. The second kappa shape index (κ2) is 7.98. The molecule has 0 amide bonds. The molecule has 0 N–H and O–H groups in total. The highest BCUT2D eigenvalue weighted by molar-refractivity contribution is 9.41. The molecule has 2 aliphatic heterocycles. The van der Waals surface area contributed by atoms with Crippen molar-refractivity contribution in [2.75, 3.05) is 19.6 Å². The van der Waals surface area contributed by atoms with Gasteiger partial charge >= 0.3 is 0 Å². The monoisotopic (exact) mass is 383 g/mol. The third kappa shape index (κ3) is 4.02. The molecule has 110 valence electrons. The van der Waals surface area contributed by atoms with Crippen LogP contribution in [0.3, 0.4) is 0 Å². The van der Waals surface area contributed by atoms with Gasteiger partial charge in [-0.2, -0.15) is 0 Å². The van der Waals surface area contributed by atoms with Crippen LogP contribution in [0, 0.1) is 5.92 Å².